The number of hydrogen-bond donors (Lipinski definition) is 1. The Bertz CT molecular complexity index is 77.7. The van der Waals surface area contributed by atoms with Crippen LogP contribution in [0.2, 0.25) is 0 Å². The van der Waals surface area contributed by atoms with E-state index in [1.807, 2.05) is 28.5 Å². The fraction of sp³-hybridized carbons (Fsp3) is 0. The van der Waals surface area contributed by atoms with E-state index in [9.17, 15) is 0 Å². The second kappa shape index (κ2) is 4.43. The Morgan fingerprint density at radius 3 is 2.29 bits per heavy atom. The molecule has 1 aliphatic rings. The standard InChI is InChI=1S/C4H5NS.BrH/c1-2-4-6-5-3-1;/h1-5H;1H. The highest BCUT2D eigenvalue weighted by Gasteiger charge is 1.81. The first-order valence-electron chi connectivity index (χ1n) is 1.80. The van der Waals surface area contributed by atoms with E-state index >= 15 is 0 Å². The zero-order valence-electron chi connectivity index (χ0n) is 3.67. The van der Waals surface area contributed by atoms with Crippen molar-refractivity contribution in [1.29, 1.82) is 0 Å². The smallest absolute Gasteiger partial charge is 0.105 e. The van der Waals surface area contributed by atoms with Gasteiger partial charge in [-0.15, -0.1) is 0 Å². The van der Waals surface area contributed by atoms with Crippen LogP contribution in [0.1, 0.15) is 0 Å². The van der Waals surface area contributed by atoms with Gasteiger partial charge < -0.3 is 17.0 Å². The lowest BCUT2D eigenvalue weighted by atomic mass is 10.6. The molecular formula is C4H6BrNS. The molecule has 1 heterocycles. The lowest BCUT2D eigenvalue weighted by Crippen LogP contribution is -3.00. The van der Waals surface area contributed by atoms with Gasteiger partial charge in [0, 0.05) is 5.41 Å². The van der Waals surface area contributed by atoms with Crippen LogP contribution < -0.4 is 21.7 Å². The van der Waals surface area contributed by atoms with Gasteiger partial charge in [0.1, 0.15) is 18.1 Å². The molecule has 0 atom stereocenters. The first-order valence-corrected chi connectivity index (χ1v) is 2.75. The maximum absolute atomic E-state index is 2.04. The summed E-state index contributed by atoms with van der Waals surface area (Å²) in [7, 11) is 0. The lowest BCUT2D eigenvalue weighted by molar-refractivity contribution is -0.395. The van der Waals surface area contributed by atoms with E-state index in [4.69, 9.17) is 0 Å². The Kier molecular flexibility index (Phi) is 4.60. The number of halogens is 1. The third-order valence-corrected chi connectivity index (χ3v) is 1.17. The highest BCUT2D eigenvalue weighted by Crippen LogP contribution is 1.89. The molecule has 1 aliphatic heterocycles. The van der Waals surface area contributed by atoms with Gasteiger partial charge in [0.25, 0.3) is 0 Å². The summed E-state index contributed by atoms with van der Waals surface area (Å²) in [4.78, 5) is 0. The van der Waals surface area contributed by atoms with Crippen molar-refractivity contribution >= 4 is 11.9 Å². The van der Waals surface area contributed by atoms with Crippen molar-refractivity contribution in [3.8, 4) is 0 Å². The fourth-order valence-corrected chi connectivity index (χ4v) is 0.745. The Morgan fingerprint density at radius 1 is 1.29 bits per heavy atom. The van der Waals surface area contributed by atoms with Gasteiger partial charge in [-0.3, -0.25) is 4.72 Å². The maximum Gasteiger partial charge on any atom is 0.105 e. The van der Waals surface area contributed by atoms with Crippen molar-refractivity contribution in [3.05, 3.63) is 23.8 Å². The van der Waals surface area contributed by atoms with Gasteiger partial charge >= 0.3 is 0 Å². The van der Waals surface area contributed by atoms with E-state index in [1.165, 1.54) is 0 Å². The molecule has 0 aromatic rings. The number of nitrogens with two attached hydrogens (primary N) is 1. The molecule has 0 radical (unpaired) electrons. The van der Waals surface area contributed by atoms with Crippen LogP contribution in [0, 0.1) is 0 Å². The SMILES string of the molecule is C1=C[NH2+]SC=C1.[Br-]. The molecule has 0 fully saturated rings. The monoisotopic (exact) mass is 179 g/mol. The Balaban J connectivity index is 0.000000360. The summed E-state index contributed by atoms with van der Waals surface area (Å²) in [5, 5.41) is 2.04. The highest BCUT2D eigenvalue weighted by molar-refractivity contribution is 7.95. The summed E-state index contributed by atoms with van der Waals surface area (Å²) in [5.74, 6) is 0. The van der Waals surface area contributed by atoms with Crippen molar-refractivity contribution in [2.75, 3.05) is 0 Å². The molecule has 1 rings (SSSR count). The minimum absolute atomic E-state index is 0. The first-order chi connectivity index (χ1) is 3.00. The zero-order chi connectivity index (χ0) is 4.24. The maximum atomic E-state index is 2.04. The first kappa shape index (κ1) is 7.27. The number of allylic oxidation sites excluding steroid dienone is 2. The summed E-state index contributed by atoms with van der Waals surface area (Å²) >= 11 is 1.70. The van der Waals surface area contributed by atoms with Crippen molar-refractivity contribution in [2.24, 2.45) is 0 Å². The van der Waals surface area contributed by atoms with Crippen molar-refractivity contribution < 1.29 is 21.7 Å². The van der Waals surface area contributed by atoms with Gasteiger partial charge in [0.05, 0.1) is 0 Å². The van der Waals surface area contributed by atoms with Crippen LogP contribution in [-0.4, -0.2) is 0 Å². The molecule has 0 saturated heterocycles. The van der Waals surface area contributed by atoms with E-state index in [0.29, 0.717) is 0 Å². The summed E-state index contributed by atoms with van der Waals surface area (Å²) in [6, 6.07) is 0. The molecule has 0 unspecified atom stereocenters. The largest absolute Gasteiger partial charge is 1.00 e. The summed E-state index contributed by atoms with van der Waals surface area (Å²) < 4.78 is 2.04. The predicted octanol–water partition coefficient (Wildman–Crippen LogP) is -2.76. The average Bonchev–Trinajstić information content (AvgIpc) is 1.72. The predicted molar refractivity (Wildman–Crippen MR) is 27.8 cm³/mol. The fourth-order valence-electron chi connectivity index (χ4n) is 0.291. The van der Waals surface area contributed by atoms with E-state index in [0.717, 1.165) is 0 Å². The quantitative estimate of drug-likeness (QED) is 0.399. The molecule has 1 nitrogen and oxygen atoms in total. The second-order valence-electron chi connectivity index (χ2n) is 0.986. The van der Waals surface area contributed by atoms with Crippen LogP contribution >= 0.6 is 11.9 Å². The minimum Gasteiger partial charge on any atom is -1.00 e. The summed E-state index contributed by atoms with van der Waals surface area (Å²) in [6.07, 6.45) is 6.05. The molecule has 2 N–H and O–H groups in total. The highest BCUT2D eigenvalue weighted by atomic mass is 79.9. The normalized spacial score (nSPS) is 16.0. The second-order valence-corrected chi connectivity index (χ2v) is 1.80. The minimum atomic E-state index is 0. The zero-order valence-corrected chi connectivity index (χ0v) is 6.08. The van der Waals surface area contributed by atoms with Crippen LogP contribution in [0.3, 0.4) is 0 Å². The molecule has 0 aliphatic carbocycles. The molecule has 7 heavy (non-hydrogen) atoms. The van der Waals surface area contributed by atoms with Crippen LogP contribution in [-0.2, 0) is 0 Å². The number of hydrogen-bond acceptors (Lipinski definition) is 1. The van der Waals surface area contributed by atoms with E-state index < -0.39 is 0 Å². The molecule has 0 amide bonds. The van der Waals surface area contributed by atoms with Crippen LogP contribution in [0.25, 0.3) is 0 Å². The van der Waals surface area contributed by atoms with Crippen LogP contribution in [0.5, 0.6) is 0 Å². The van der Waals surface area contributed by atoms with Gasteiger partial charge in [-0.05, 0) is 12.2 Å². The van der Waals surface area contributed by atoms with Crippen molar-refractivity contribution in [1.82, 2.24) is 0 Å². The molecule has 0 spiro atoms. The molecule has 0 saturated carbocycles. The lowest BCUT2D eigenvalue weighted by Gasteiger charge is -1.85. The molecule has 0 aromatic carbocycles. The number of rotatable bonds is 0. The summed E-state index contributed by atoms with van der Waals surface area (Å²) in [5.41, 5.74) is 0. The topological polar surface area (TPSA) is 16.6 Å². The van der Waals surface area contributed by atoms with Gasteiger partial charge in [-0.2, -0.15) is 0 Å². The van der Waals surface area contributed by atoms with E-state index in [1.54, 1.807) is 11.9 Å². The van der Waals surface area contributed by atoms with Gasteiger partial charge in [-0.25, -0.2) is 0 Å². The van der Waals surface area contributed by atoms with Gasteiger partial charge in [-0.1, -0.05) is 0 Å². The molecule has 0 aromatic heterocycles. The van der Waals surface area contributed by atoms with Crippen LogP contribution in [0.4, 0.5) is 0 Å². The molecule has 0 bridgehead atoms. The van der Waals surface area contributed by atoms with E-state index in [2.05, 4.69) is 0 Å². The Morgan fingerprint density at radius 2 is 2.14 bits per heavy atom. The summed E-state index contributed by atoms with van der Waals surface area (Å²) in [6.45, 7) is 0. The molecule has 40 valence electrons. The van der Waals surface area contributed by atoms with Crippen LogP contribution in [0.15, 0.2) is 23.8 Å². The molecule has 3 heteroatoms. The Labute approximate surface area is 57.8 Å². The van der Waals surface area contributed by atoms with Crippen molar-refractivity contribution in [3.63, 3.8) is 0 Å². The molecular weight excluding hydrogens is 174 g/mol. The average molecular weight is 180 g/mol. The Hall–Kier alpha value is 0.270. The number of quaternary nitrogens is 1. The third kappa shape index (κ3) is 2.91. The third-order valence-electron chi connectivity index (χ3n) is 0.536. The van der Waals surface area contributed by atoms with Gasteiger partial charge in [0.2, 0.25) is 0 Å². The van der Waals surface area contributed by atoms with E-state index in [-0.39, 0.29) is 17.0 Å². The van der Waals surface area contributed by atoms with Gasteiger partial charge in [0.15, 0.2) is 0 Å². The van der Waals surface area contributed by atoms with Crippen molar-refractivity contribution in [2.45, 2.75) is 0 Å².